The molecule has 1 fully saturated rings. The van der Waals surface area contributed by atoms with E-state index in [-0.39, 0.29) is 44.6 Å². The first-order chi connectivity index (χ1) is 33.2. The van der Waals surface area contributed by atoms with Gasteiger partial charge >= 0.3 is 0 Å². The molecule has 12 rings (SSSR count). The second-order valence-corrected chi connectivity index (χ2v) is 28.9. The van der Waals surface area contributed by atoms with Crippen LogP contribution in [0, 0.1) is 6.92 Å². The van der Waals surface area contributed by atoms with Crippen LogP contribution in [0.1, 0.15) is 230 Å². The van der Waals surface area contributed by atoms with Gasteiger partial charge in [-0.15, -0.1) is 0 Å². The van der Waals surface area contributed by atoms with Crippen molar-refractivity contribution in [2.75, 3.05) is 9.80 Å². The van der Waals surface area contributed by atoms with Crippen molar-refractivity contribution in [1.29, 1.82) is 0 Å². The van der Waals surface area contributed by atoms with Gasteiger partial charge in [0.2, 0.25) is 0 Å². The van der Waals surface area contributed by atoms with Crippen LogP contribution in [0.3, 0.4) is 0 Å². The maximum atomic E-state index is 7.74. The van der Waals surface area contributed by atoms with Crippen molar-refractivity contribution in [1.82, 2.24) is 0 Å². The van der Waals surface area contributed by atoms with Gasteiger partial charge in [0.1, 0.15) is 5.58 Å². The van der Waals surface area contributed by atoms with Crippen LogP contribution in [0.5, 0.6) is 0 Å². The number of anilines is 6. The highest BCUT2D eigenvalue weighted by Crippen LogP contribution is 2.56. The Bertz CT molecular complexity index is 3210. The molecule has 0 unspecified atom stereocenters. The first kappa shape index (κ1) is 47.3. The molecule has 1 saturated carbocycles. The molecule has 0 atom stereocenters. The summed E-state index contributed by atoms with van der Waals surface area (Å²) in [4.78, 5) is 5.49. The van der Waals surface area contributed by atoms with Crippen LogP contribution in [0.2, 0.25) is 0 Å². The molecule has 0 N–H and O–H groups in total. The fourth-order valence-corrected chi connectivity index (χ4v) is 14.9. The zero-order valence-electron chi connectivity index (χ0n) is 46.7. The Kier molecular flexibility index (Phi) is 10.1. The van der Waals surface area contributed by atoms with Gasteiger partial charge in [-0.05, 0) is 212 Å². The van der Waals surface area contributed by atoms with E-state index in [0.717, 1.165) is 11.2 Å². The van der Waals surface area contributed by atoms with E-state index in [1.54, 1.807) is 0 Å². The standard InChI is InChI=1S/C67H83BN2O/c1-40-32-47-50(66(13,14)30-28-63(47,7)8)38-53(40)70-54-35-43(61(2,3)4)22-25-52(54)68-58-55(33-42(34-56(58)70)41-20-18-17-19-21-41)69(44-23-24-46-48(36-44)64(9,10)27-26-62(46,5)6)59-45-37-49-51(39-57(45)71-60(59)68)67(15,16)31-29-65(49,11)12/h22-25,32-39,41H,17-21,26-31H2,1-16H3. The maximum Gasteiger partial charge on any atom is 0.297 e. The van der Waals surface area contributed by atoms with E-state index in [2.05, 4.69) is 193 Å². The summed E-state index contributed by atoms with van der Waals surface area (Å²) in [5, 5.41) is 1.25. The van der Waals surface area contributed by atoms with Gasteiger partial charge in [-0.25, -0.2) is 0 Å². The summed E-state index contributed by atoms with van der Waals surface area (Å²) in [7, 11) is 0. The van der Waals surface area contributed by atoms with Crippen LogP contribution in [0.15, 0.2) is 77.2 Å². The van der Waals surface area contributed by atoms with Crippen molar-refractivity contribution in [3.8, 4) is 0 Å². The predicted molar refractivity (Wildman–Crippen MR) is 305 cm³/mol. The molecule has 3 heterocycles. The highest BCUT2D eigenvalue weighted by atomic mass is 16.3. The minimum atomic E-state index is -0.0846. The van der Waals surface area contributed by atoms with Gasteiger partial charge in [0.15, 0.2) is 0 Å². The number of benzene rings is 5. The average molecular weight is 943 g/mol. The van der Waals surface area contributed by atoms with E-state index in [9.17, 15) is 0 Å². The summed E-state index contributed by atoms with van der Waals surface area (Å²) in [6.45, 7) is 39.2. The minimum absolute atomic E-state index is 0.0334. The lowest BCUT2D eigenvalue weighted by Crippen LogP contribution is -2.61. The molecule has 71 heavy (non-hydrogen) atoms. The Morgan fingerprint density at radius 1 is 0.507 bits per heavy atom. The van der Waals surface area contributed by atoms with Gasteiger partial charge in [0, 0.05) is 33.8 Å². The number of fused-ring (bicyclic) bond motifs is 9. The van der Waals surface area contributed by atoms with Gasteiger partial charge in [-0.2, -0.15) is 0 Å². The number of hydrogen-bond acceptors (Lipinski definition) is 3. The van der Waals surface area contributed by atoms with Gasteiger partial charge < -0.3 is 14.2 Å². The summed E-state index contributed by atoms with van der Waals surface area (Å²) < 4.78 is 7.74. The molecule has 5 aromatic carbocycles. The number of aryl methyl sites for hydroxylation is 1. The van der Waals surface area contributed by atoms with Crippen molar-refractivity contribution in [3.63, 3.8) is 0 Å². The molecule has 0 amide bonds. The monoisotopic (exact) mass is 943 g/mol. The Labute approximate surface area is 428 Å². The van der Waals surface area contributed by atoms with Crippen LogP contribution in [-0.2, 0) is 37.9 Å². The molecule has 0 spiro atoms. The summed E-state index contributed by atoms with van der Waals surface area (Å²) in [6.07, 6.45) is 13.5. The van der Waals surface area contributed by atoms with Gasteiger partial charge in [0.25, 0.3) is 6.71 Å². The third-order valence-electron chi connectivity index (χ3n) is 20.1. The lowest BCUT2D eigenvalue weighted by molar-refractivity contribution is 0.332. The molecule has 2 aliphatic heterocycles. The van der Waals surface area contributed by atoms with Crippen LogP contribution < -0.4 is 26.4 Å². The van der Waals surface area contributed by atoms with Crippen molar-refractivity contribution in [3.05, 3.63) is 123 Å². The highest BCUT2D eigenvalue weighted by Gasteiger charge is 2.50. The number of furan rings is 1. The summed E-state index contributed by atoms with van der Waals surface area (Å²) in [5.74, 6) is 0.514. The Morgan fingerprint density at radius 2 is 1.03 bits per heavy atom. The quantitative estimate of drug-likeness (QED) is 0.165. The molecule has 6 aromatic rings. The molecule has 3 nitrogen and oxygen atoms in total. The molecule has 0 saturated heterocycles. The predicted octanol–water partition coefficient (Wildman–Crippen LogP) is 17.2. The van der Waals surface area contributed by atoms with Gasteiger partial charge in [0.05, 0.1) is 11.3 Å². The minimum Gasteiger partial charge on any atom is -0.468 e. The number of rotatable bonds is 3. The lowest BCUT2D eigenvalue weighted by Gasteiger charge is -2.46. The van der Waals surface area contributed by atoms with Crippen LogP contribution in [0.25, 0.3) is 11.0 Å². The Morgan fingerprint density at radius 3 is 1.62 bits per heavy atom. The average Bonchev–Trinajstić information content (AvgIpc) is 3.68. The first-order valence-corrected chi connectivity index (χ1v) is 28.0. The third kappa shape index (κ3) is 7.08. The second kappa shape index (κ2) is 15.2. The molecule has 1 aromatic heterocycles. The summed E-state index contributed by atoms with van der Waals surface area (Å²) >= 11 is 0. The molecule has 4 heteroatoms. The van der Waals surface area contributed by atoms with E-state index in [4.69, 9.17) is 4.42 Å². The fraction of sp³-hybridized carbons (Fsp3) is 0.522. The van der Waals surface area contributed by atoms with Gasteiger partial charge in [-0.1, -0.05) is 147 Å². The summed E-state index contributed by atoms with van der Waals surface area (Å²) in [5.41, 5.74) is 26.3. The fourth-order valence-electron chi connectivity index (χ4n) is 14.9. The smallest absolute Gasteiger partial charge is 0.297 e. The molecular formula is C67H83BN2O. The molecule has 0 radical (unpaired) electrons. The number of nitrogens with zero attached hydrogens (tertiary/aromatic N) is 2. The first-order valence-electron chi connectivity index (χ1n) is 28.0. The summed E-state index contributed by atoms with van der Waals surface area (Å²) in [6, 6.07) is 30.8. The van der Waals surface area contributed by atoms with Gasteiger partial charge in [-0.3, -0.25) is 0 Å². The zero-order chi connectivity index (χ0) is 50.3. The zero-order valence-corrected chi connectivity index (χ0v) is 46.7. The maximum absolute atomic E-state index is 7.74. The van der Waals surface area contributed by atoms with Crippen molar-refractivity contribution in [2.45, 2.75) is 225 Å². The topological polar surface area (TPSA) is 19.6 Å². The molecule has 0 bridgehead atoms. The van der Waals surface area contributed by atoms with E-state index < -0.39 is 0 Å². The van der Waals surface area contributed by atoms with Crippen molar-refractivity contribution >= 4 is 68.4 Å². The third-order valence-corrected chi connectivity index (χ3v) is 20.1. The Balaban J connectivity index is 1.23. The van der Waals surface area contributed by atoms with Crippen LogP contribution in [-0.4, -0.2) is 6.71 Å². The normalized spacial score (nSPS) is 22.0. The van der Waals surface area contributed by atoms with E-state index in [0.29, 0.717) is 5.92 Å². The molecule has 6 aliphatic rings. The van der Waals surface area contributed by atoms with E-state index in [1.807, 2.05) is 0 Å². The number of hydrogen-bond donors (Lipinski definition) is 0. The Hall–Kier alpha value is -4.70. The van der Waals surface area contributed by atoms with Crippen LogP contribution in [0.4, 0.5) is 34.1 Å². The molecular weight excluding hydrogens is 860 g/mol. The van der Waals surface area contributed by atoms with E-state index >= 15 is 0 Å². The lowest BCUT2D eigenvalue weighted by atomic mass is 9.35. The second-order valence-electron chi connectivity index (χ2n) is 28.9. The molecule has 4 aliphatic carbocycles. The SMILES string of the molecule is Cc1cc2c(cc1N1c3cc(C(C)(C)C)ccc3B3c4oc5cc6c(cc5c4N(c4ccc5c(c4)C(C)(C)CCC5(C)C)c4cc(C5CCCCC5)cc1c43)C(C)(C)CCC6(C)C)C(C)(C)CCC2(C)C. The van der Waals surface area contributed by atoms with Crippen molar-refractivity contribution in [2.24, 2.45) is 0 Å². The van der Waals surface area contributed by atoms with E-state index in [1.165, 1.54) is 171 Å². The molecule has 370 valence electrons. The van der Waals surface area contributed by atoms with Crippen LogP contribution >= 0.6 is 0 Å². The highest BCUT2D eigenvalue weighted by molar-refractivity contribution is 7.00. The van der Waals surface area contributed by atoms with Crippen molar-refractivity contribution < 1.29 is 4.42 Å². The largest absolute Gasteiger partial charge is 0.468 e.